The van der Waals surface area contributed by atoms with E-state index in [0.29, 0.717) is 24.5 Å². The Morgan fingerprint density at radius 2 is 1.93 bits per heavy atom. The van der Waals surface area contributed by atoms with Crippen LogP contribution < -0.4 is 0 Å². The number of aromatic amines is 1. The topological polar surface area (TPSA) is 87.9 Å². The first-order valence-corrected chi connectivity index (χ1v) is 9.34. The van der Waals surface area contributed by atoms with Crippen LogP contribution in [0.5, 0.6) is 0 Å². The Labute approximate surface area is 157 Å². The number of likely N-dealkylation sites (tertiary alicyclic amines) is 1. The maximum absolute atomic E-state index is 12.8. The van der Waals surface area contributed by atoms with Crippen LogP contribution in [0.25, 0.3) is 11.3 Å². The highest BCUT2D eigenvalue weighted by Crippen LogP contribution is 2.28. The summed E-state index contributed by atoms with van der Waals surface area (Å²) in [4.78, 5) is 19.2. The fourth-order valence-electron chi connectivity index (χ4n) is 3.37. The van der Waals surface area contributed by atoms with Gasteiger partial charge in [-0.15, -0.1) is 0 Å². The van der Waals surface area contributed by atoms with E-state index in [4.69, 9.17) is 4.52 Å². The van der Waals surface area contributed by atoms with Crippen molar-refractivity contribution in [1.29, 1.82) is 0 Å². The van der Waals surface area contributed by atoms with Gasteiger partial charge in [-0.2, -0.15) is 10.1 Å². The lowest BCUT2D eigenvalue weighted by Gasteiger charge is -2.30. The minimum atomic E-state index is 0.0676. The molecule has 1 fully saturated rings. The summed E-state index contributed by atoms with van der Waals surface area (Å²) in [6.45, 7) is 5.50. The molecule has 0 bridgehead atoms. The lowest BCUT2D eigenvalue weighted by atomic mass is 9.96. The second-order valence-corrected chi connectivity index (χ2v) is 7.26. The standard InChI is InChI=1S/C20H23N5O2/c1-13(2)18-22-19(27-24-18)15-8-11-25(12-9-15)20(26)16-5-3-14(4-6-16)17-7-10-21-23-17/h3-7,10,13,15H,8-9,11-12H2,1-2H3,(H,21,23). The minimum Gasteiger partial charge on any atom is -0.339 e. The third-order valence-electron chi connectivity index (χ3n) is 5.05. The van der Waals surface area contributed by atoms with Crippen LogP contribution in [0.3, 0.4) is 0 Å². The molecule has 0 radical (unpaired) electrons. The average molecular weight is 365 g/mol. The molecule has 1 amide bonds. The van der Waals surface area contributed by atoms with E-state index in [1.807, 2.05) is 49.1 Å². The Bertz CT molecular complexity index is 891. The molecule has 0 atom stereocenters. The number of nitrogens with zero attached hydrogens (tertiary/aromatic N) is 4. The van der Waals surface area contributed by atoms with Gasteiger partial charge in [-0.1, -0.05) is 31.1 Å². The number of hydrogen-bond acceptors (Lipinski definition) is 5. The van der Waals surface area contributed by atoms with Gasteiger partial charge in [0, 0.05) is 36.7 Å². The quantitative estimate of drug-likeness (QED) is 0.763. The molecular weight excluding hydrogens is 342 g/mol. The Kier molecular flexibility index (Phi) is 4.75. The molecule has 27 heavy (non-hydrogen) atoms. The van der Waals surface area contributed by atoms with Gasteiger partial charge in [0.15, 0.2) is 5.82 Å². The zero-order valence-electron chi connectivity index (χ0n) is 15.6. The van der Waals surface area contributed by atoms with Gasteiger partial charge in [0.25, 0.3) is 5.91 Å². The molecule has 1 aliphatic heterocycles. The first kappa shape index (κ1) is 17.5. The largest absolute Gasteiger partial charge is 0.339 e. The number of nitrogens with one attached hydrogen (secondary N) is 1. The van der Waals surface area contributed by atoms with Crippen molar-refractivity contribution in [3.8, 4) is 11.3 Å². The van der Waals surface area contributed by atoms with Gasteiger partial charge < -0.3 is 9.42 Å². The molecule has 2 aromatic heterocycles. The number of piperidine rings is 1. The highest BCUT2D eigenvalue weighted by atomic mass is 16.5. The Morgan fingerprint density at radius 1 is 1.19 bits per heavy atom. The molecule has 1 N–H and O–H groups in total. The molecule has 1 aromatic carbocycles. The zero-order chi connectivity index (χ0) is 18.8. The van der Waals surface area contributed by atoms with Crippen molar-refractivity contribution in [3.05, 3.63) is 53.8 Å². The first-order chi connectivity index (χ1) is 13.1. The number of aromatic nitrogens is 4. The van der Waals surface area contributed by atoms with Crippen LogP contribution in [0, 0.1) is 0 Å². The van der Waals surface area contributed by atoms with Crippen LogP contribution >= 0.6 is 0 Å². The number of carbonyl (C=O) groups excluding carboxylic acids is 1. The maximum Gasteiger partial charge on any atom is 0.253 e. The third-order valence-corrected chi connectivity index (χ3v) is 5.05. The van der Waals surface area contributed by atoms with Gasteiger partial charge >= 0.3 is 0 Å². The van der Waals surface area contributed by atoms with Crippen molar-refractivity contribution >= 4 is 5.91 Å². The second kappa shape index (κ2) is 7.34. The number of amides is 1. The molecule has 1 aliphatic rings. The SMILES string of the molecule is CC(C)c1noc(C2CCN(C(=O)c3ccc(-c4ccn[nH]4)cc3)CC2)n1. The second-order valence-electron chi connectivity index (χ2n) is 7.26. The van der Waals surface area contributed by atoms with E-state index >= 15 is 0 Å². The summed E-state index contributed by atoms with van der Waals surface area (Å²) in [6.07, 6.45) is 3.40. The van der Waals surface area contributed by atoms with Gasteiger partial charge in [0.1, 0.15) is 0 Å². The number of rotatable bonds is 4. The highest BCUT2D eigenvalue weighted by Gasteiger charge is 2.28. The molecule has 1 saturated heterocycles. The van der Waals surface area contributed by atoms with Crippen LogP contribution in [-0.4, -0.2) is 44.2 Å². The van der Waals surface area contributed by atoms with E-state index in [9.17, 15) is 4.79 Å². The molecule has 4 rings (SSSR count). The number of benzene rings is 1. The smallest absolute Gasteiger partial charge is 0.253 e. The summed E-state index contributed by atoms with van der Waals surface area (Å²) in [5.74, 6) is 2.01. The highest BCUT2D eigenvalue weighted by molar-refractivity contribution is 5.94. The molecular formula is C20H23N5O2. The fourth-order valence-corrected chi connectivity index (χ4v) is 3.37. The molecule has 0 saturated carbocycles. The van der Waals surface area contributed by atoms with E-state index in [-0.39, 0.29) is 17.7 Å². The minimum absolute atomic E-state index is 0.0676. The summed E-state index contributed by atoms with van der Waals surface area (Å²) in [5, 5.41) is 10.9. The summed E-state index contributed by atoms with van der Waals surface area (Å²) in [5.41, 5.74) is 2.66. The number of H-pyrrole nitrogens is 1. The summed E-state index contributed by atoms with van der Waals surface area (Å²) < 4.78 is 5.42. The molecule has 0 aliphatic carbocycles. The van der Waals surface area contributed by atoms with Gasteiger partial charge in [-0.05, 0) is 36.6 Å². The first-order valence-electron chi connectivity index (χ1n) is 9.34. The third kappa shape index (κ3) is 3.63. The summed E-state index contributed by atoms with van der Waals surface area (Å²) >= 11 is 0. The molecule has 3 aromatic rings. The van der Waals surface area contributed by atoms with Gasteiger partial charge in [0.05, 0.1) is 5.69 Å². The molecule has 7 heteroatoms. The Balaban J connectivity index is 1.38. The van der Waals surface area contributed by atoms with Gasteiger partial charge in [-0.3, -0.25) is 9.89 Å². The molecule has 7 nitrogen and oxygen atoms in total. The van der Waals surface area contributed by atoms with Crippen LogP contribution in [0.1, 0.15) is 60.6 Å². The summed E-state index contributed by atoms with van der Waals surface area (Å²) in [6, 6.07) is 9.54. The average Bonchev–Trinajstić information content (AvgIpc) is 3.40. The van der Waals surface area contributed by atoms with Crippen molar-refractivity contribution in [2.75, 3.05) is 13.1 Å². The van der Waals surface area contributed by atoms with E-state index in [0.717, 1.165) is 29.9 Å². The number of carbonyl (C=O) groups is 1. The van der Waals surface area contributed by atoms with Crippen molar-refractivity contribution in [2.45, 2.75) is 38.5 Å². The van der Waals surface area contributed by atoms with E-state index in [1.54, 1.807) is 6.20 Å². The summed E-state index contributed by atoms with van der Waals surface area (Å²) in [7, 11) is 0. The van der Waals surface area contributed by atoms with E-state index in [2.05, 4.69) is 20.3 Å². The Hall–Kier alpha value is -2.96. The normalized spacial score (nSPS) is 15.4. The van der Waals surface area contributed by atoms with Crippen molar-refractivity contribution < 1.29 is 9.32 Å². The molecule has 0 unspecified atom stereocenters. The fraction of sp³-hybridized carbons (Fsp3) is 0.400. The van der Waals surface area contributed by atoms with Crippen LogP contribution in [0.4, 0.5) is 0 Å². The molecule has 140 valence electrons. The van der Waals surface area contributed by atoms with Gasteiger partial charge in [-0.25, -0.2) is 0 Å². The van der Waals surface area contributed by atoms with E-state index in [1.165, 1.54) is 0 Å². The lowest BCUT2D eigenvalue weighted by molar-refractivity contribution is 0.0704. The number of hydrogen-bond donors (Lipinski definition) is 1. The zero-order valence-corrected chi connectivity index (χ0v) is 15.6. The van der Waals surface area contributed by atoms with Crippen molar-refractivity contribution in [1.82, 2.24) is 25.2 Å². The Morgan fingerprint density at radius 3 is 2.52 bits per heavy atom. The lowest BCUT2D eigenvalue weighted by Crippen LogP contribution is -2.38. The monoisotopic (exact) mass is 365 g/mol. The van der Waals surface area contributed by atoms with Crippen LogP contribution in [-0.2, 0) is 0 Å². The van der Waals surface area contributed by atoms with E-state index < -0.39 is 0 Å². The maximum atomic E-state index is 12.8. The van der Waals surface area contributed by atoms with Crippen LogP contribution in [0.2, 0.25) is 0 Å². The van der Waals surface area contributed by atoms with Crippen molar-refractivity contribution in [3.63, 3.8) is 0 Å². The molecule has 0 spiro atoms. The van der Waals surface area contributed by atoms with Crippen molar-refractivity contribution in [2.24, 2.45) is 0 Å². The predicted molar refractivity (Wildman–Crippen MR) is 100 cm³/mol. The van der Waals surface area contributed by atoms with Gasteiger partial charge in [0.2, 0.25) is 5.89 Å². The van der Waals surface area contributed by atoms with Crippen LogP contribution in [0.15, 0.2) is 41.1 Å². The predicted octanol–water partition coefficient (Wildman–Crippen LogP) is 3.60. The molecule has 3 heterocycles.